The first-order chi connectivity index (χ1) is 9.34. The van der Waals surface area contributed by atoms with Gasteiger partial charge in [-0.3, -0.25) is 0 Å². The third kappa shape index (κ3) is 2.52. The summed E-state index contributed by atoms with van der Waals surface area (Å²) in [4.78, 5) is 0. The van der Waals surface area contributed by atoms with Gasteiger partial charge in [0.15, 0.2) is 0 Å². The second-order valence-electron chi connectivity index (χ2n) is 5.29. The zero-order chi connectivity index (χ0) is 15.0. The third-order valence-corrected chi connectivity index (χ3v) is 4.66. The van der Waals surface area contributed by atoms with Gasteiger partial charge in [0.05, 0.1) is 10.5 Å². The molecule has 2 aromatic carbocycles. The topological polar surface area (TPSA) is 26.0 Å². The predicted octanol–water partition coefficient (Wildman–Crippen LogP) is 4.87. The van der Waals surface area contributed by atoms with Crippen LogP contribution >= 0.6 is 15.9 Å². The van der Waals surface area contributed by atoms with Crippen molar-refractivity contribution < 1.29 is 4.39 Å². The van der Waals surface area contributed by atoms with Gasteiger partial charge in [0, 0.05) is 5.56 Å². The Morgan fingerprint density at radius 3 is 2.15 bits per heavy atom. The zero-order valence-corrected chi connectivity index (χ0v) is 13.8. The summed E-state index contributed by atoms with van der Waals surface area (Å²) in [6.07, 6.45) is 0. The van der Waals surface area contributed by atoms with Gasteiger partial charge < -0.3 is 5.73 Å². The molecule has 2 N–H and O–H groups in total. The summed E-state index contributed by atoms with van der Waals surface area (Å²) in [6.45, 7) is 8.23. The fraction of sp³-hybridized carbons (Fsp3) is 0.294. The molecule has 0 amide bonds. The molecule has 106 valence electrons. The van der Waals surface area contributed by atoms with Gasteiger partial charge in [0.25, 0.3) is 0 Å². The van der Waals surface area contributed by atoms with Crippen LogP contribution in [0, 0.1) is 33.5 Å². The number of aryl methyl sites for hydroxylation is 2. The van der Waals surface area contributed by atoms with Gasteiger partial charge in [-0.15, -0.1) is 0 Å². The fourth-order valence-electron chi connectivity index (χ4n) is 2.63. The normalized spacial score (nSPS) is 12.6. The molecular formula is C17H19BrFN. The molecule has 0 radical (unpaired) electrons. The lowest BCUT2D eigenvalue weighted by Crippen LogP contribution is -2.17. The molecule has 20 heavy (non-hydrogen) atoms. The summed E-state index contributed by atoms with van der Waals surface area (Å²) < 4.78 is 14.7. The Labute approximate surface area is 128 Å². The monoisotopic (exact) mass is 335 g/mol. The van der Waals surface area contributed by atoms with E-state index in [-0.39, 0.29) is 5.82 Å². The van der Waals surface area contributed by atoms with E-state index < -0.39 is 6.04 Å². The lowest BCUT2D eigenvalue weighted by atomic mass is 9.87. The van der Waals surface area contributed by atoms with Crippen molar-refractivity contribution in [1.82, 2.24) is 0 Å². The molecule has 1 atom stereocenters. The van der Waals surface area contributed by atoms with Gasteiger partial charge in [0.1, 0.15) is 5.82 Å². The van der Waals surface area contributed by atoms with E-state index in [2.05, 4.69) is 35.8 Å². The second-order valence-corrected chi connectivity index (χ2v) is 6.15. The Kier molecular flexibility index (Phi) is 4.31. The standard InChI is InChI=1S/C17H19BrFN/c1-9-8-10(2)12(4)15(11(9)3)17(20)13-6-5-7-14(18)16(13)19/h5-8,17H,20H2,1-4H3. The molecular weight excluding hydrogens is 317 g/mol. The average Bonchev–Trinajstić information content (AvgIpc) is 2.40. The molecule has 0 saturated heterocycles. The van der Waals surface area contributed by atoms with E-state index in [1.807, 2.05) is 19.9 Å². The molecule has 0 heterocycles. The quantitative estimate of drug-likeness (QED) is 0.832. The summed E-state index contributed by atoms with van der Waals surface area (Å²) in [5.74, 6) is -0.280. The van der Waals surface area contributed by atoms with E-state index >= 15 is 0 Å². The number of hydrogen-bond acceptors (Lipinski definition) is 1. The Morgan fingerprint density at radius 2 is 1.60 bits per heavy atom. The molecule has 3 heteroatoms. The summed E-state index contributed by atoms with van der Waals surface area (Å²) in [7, 11) is 0. The van der Waals surface area contributed by atoms with E-state index in [0.717, 1.165) is 16.7 Å². The Balaban J connectivity index is 2.65. The van der Waals surface area contributed by atoms with E-state index in [4.69, 9.17) is 5.73 Å². The molecule has 0 aliphatic carbocycles. The van der Waals surface area contributed by atoms with Crippen LogP contribution in [0.2, 0.25) is 0 Å². The summed E-state index contributed by atoms with van der Waals surface area (Å²) in [5.41, 5.74) is 12.6. The van der Waals surface area contributed by atoms with Crippen LogP contribution in [0.1, 0.15) is 39.4 Å². The van der Waals surface area contributed by atoms with Crippen LogP contribution in [0.25, 0.3) is 0 Å². The largest absolute Gasteiger partial charge is 0.320 e. The van der Waals surface area contributed by atoms with Crippen LogP contribution in [0.15, 0.2) is 28.7 Å². The molecule has 0 fully saturated rings. The van der Waals surface area contributed by atoms with Gasteiger partial charge >= 0.3 is 0 Å². The SMILES string of the molecule is Cc1cc(C)c(C)c(C(N)c2cccc(Br)c2F)c1C. The lowest BCUT2D eigenvalue weighted by molar-refractivity contribution is 0.592. The van der Waals surface area contributed by atoms with Gasteiger partial charge in [-0.2, -0.15) is 0 Å². The molecule has 0 bridgehead atoms. The van der Waals surface area contributed by atoms with Crippen LogP contribution in [0.5, 0.6) is 0 Å². The molecule has 1 unspecified atom stereocenters. The highest BCUT2D eigenvalue weighted by Gasteiger charge is 2.20. The van der Waals surface area contributed by atoms with Crippen molar-refractivity contribution >= 4 is 15.9 Å². The molecule has 0 aliphatic rings. The van der Waals surface area contributed by atoms with Crippen molar-refractivity contribution in [3.63, 3.8) is 0 Å². The zero-order valence-electron chi connectivity index (χ0n) is 12.2. The third-order valence-electron chi connectivity index (χ3n) is 4.05. The Bertz CT molecular complexity index is 638. The van der Waals surface area contributed by atoms with Crippen LogP contribution in [0.3, 0.4) is 0 Å². The molecule has 1 nitrogen and oxygen atoms in total. The minimum atomic E-state index is -0.453. The van der Waals surface area contributed by atoms with Crippen molar-refractivity contribution in [1.29, 1.82) is 0 Å². The molecule has 0 spiro atoms. The van der Waals surface area contributed by atoms with E-state index in [1.54, 1.807) is 12.1 Å². The maximum atomic E-state index is 14.3. The highest BCUT2D eigenvalue weighted by atomic mass is 79.9. The smallest absolute Gasteiger partial charge is 0.142 e. The van der Waals surface area contributed by atoms with Crippen molar-refractivity contribution in [2.75, 3.05) is 0 Å². The number of benzene rings is 2. The molecule has 0 saturated carbocycles. The highest BCUT2D eigenvalue weighted by molar-refractivity contribution is 9.10. The van der Waals surface area contributed by atoms with Gasteiger partial charge in [-0.1, -0.05) is 18.2 Å². The maximum absolute atomic E-state index is 14.3. The second kappa shape index (κ2) is 5.66. The van der Waals surface area contributed by atoms with Crippen LogP contribution in [0.4, 0.5) is 4.39 Å². The Hall–Kier alpha value is -1.19. The molecule has 2 rings (SSSR count). The first kappa shape index (κ1) is 15.2. The summed E-state index contributed by atoms with van der Waals surface area (Å²) in [6, 6.07) is 6.95. The maximum Gasteiger partial charge on any atom is 0.142 e. The highest BCUT2D eigenvalue weighted by Crippen LogP contribution is 2.32. The van der Waals surface area contributed by atoms with E-state index in [0.29, 0.717) is 10.0 Å². The average molecular weight is 336 g/mol. The van der Waals surface area contributed by atoms with Gasteiger partial charge in [0.2, 0.25) is 0 Å². The molecule has 2 aromatic rings. The molecule has 0 aliphatic heterocycles. The number of rotatable bonds is 2. The van der Waals surface area contributed by atoms with Gasteiger partial charge in [-0.05, 0) is 77.5 Å². The lowest BCUT2D eigenvalue weighted by Gasteiger charge is -2.22. The number of nitrogens with two attached hydrogens (primary N) is 1. The summed E-state index contributed by atoms with van der Waals surface area (Å²) >= 11 is 3.22. The Morgan fingerprint density at radius 1 is 1.05 bits per heavy atom. The predicted molar refractivity (Wildman–Crippen MR) is 85.5 cm³/mol. The fourth-order valence-corrected chi connectivity index (χ4v) is 3.01. The number of halogens is 2. The van der Waals surface area contributed by atoms with Gasteiger partial charge in [-0.25, -0.2) is 4.39 Å². The molecule has 0 aromatic heterocycles. The van der Waals surface area contributed by atoms with Crippen LogP contribution in [-0.4, -0.2) is 0 Å². The van der Waals surface area contributed by atoms with Crippen LogP contribution < -0.4 is 5.73 Å². The van der Waals surface area contributed by atoms with Crippen molar-refractivity contribution in [2.45, 2.75) is 33.7 Å². The first-order valence-corrected chi connectivity index (χ1v) is 7.40. The van der Waals surface area contributed by atoms with Crippen molar-refractivity contribution in [2.24, 2.45) is 5.73 Å². The summed E-state index contributed by atoms with van der Waals surface area (Å²) in [5, 5.41) is 0. The minimum absolute atomic E-state index is 0.280. The first-order valence-electron chi connectivity index (χ1n) is 6.61. The van der Waals surface area contributed by atoms with Crippen LogP contribution in [-0.2, 0) is 0 Å². The van der Waals surface area contributed by atoms with Crippen molar-refractivity contribution in [3.8, 4) is 0 Å². The minimum Gasteiger partial charge on any atom is -0.320 e. The van der Waals surface area contributed by atoms with Crippen molar-refractivity contribution in [3.05, 3.63) is 67.9 Å². The van der Waals surface area contributed by atoms with E-state index in [1.165, 1.54) is 11.1 Å². The number of hydrogen-bond donors (Lipinski definition) is 1. The van der Waals surface area contributed by atoms with E-state index in [9.17, 15) is 4.39 Å².